The van der Waals surface area contributed by atoms with Crippen molar-refractivity contribution in [1.29, 1.82) is 0 Å². The molecule has 1 saturated heterocycles. The third kappa shape index (κ3) is 4.79. The highest BCUT2D eigenvalue weighted by Gasteiger charge is 2.28. The highest BCUT2D eigenvalue weighted by molar-refractivity contribution is 7.89. The van der Waals surface area contributed by atoms with E-state index in [4.69, 9.17) is 0 Å². The molecular weight excluding hydrogens is 386 g/mol. The molecule has 0 atom stereocenters. The third-order valence-electron chi connectivity index (χ3n) is 5.25. The smallest absolute Gasteiger partial charge is 0.245 e. The van der Waals surface area contributed by atoms with Crippen LogP contribution < -0.4 is 4.90 Å². The van der Waals surface area contributed by atoms with Crippen LogP contribution in [-0.2, 0) is 10.0 Å². The number of aliphatic imine (C=N–C) groups is 1. The van der Waals surface area contributed by atoms with Gasteiger partial charge in [-0.1, -0.05) is 26.0 Å². The average Bonchev–Trinajstić information content (AvgIpc) is 2.74. The first-order valence-corrected chi connectivity index (χ1v) is 11.6. The largest absolute Gasteiger partial charge is 0.507 e. The molecule has 0 unspecified atom stereocenters. The number of rotatable bonds is 7. The lowest BCUT2D eigenvalue weighted by molar-refractivity contribution is 0.445. The summed E-state index contributed by atoms with van der Waals surface area (Å²) < 4.78 is 28.2. The van der Waals surface area contributed by atoms with Gasteiger partial charge in [-0.2, -0.15) is 4.31 Å². The lowest BCUT2D eigenvalue weighted by Gasteiger charge is -2.31. The van der Waals surface area contributed by atoms with E-state index < -0.39 is 10.0 Å². The van der Waals surface area contributed by atoms with E-state index >= 15 is 0 Å². The molecule has 1 aliphatic rings. The van der Waals surface area contributed by atoms with Crippen LogP contribution in [0.25, 0.3) is 0 Å². The van der Waals surface area contributed by atoms with Crippen molar-refractivity contribution in [3.63, 3.8) is 0 Å². The summed E-state index contributed by atoms with van der Waals surface area (Å²) in [5.74, 6) is 0.136. The Bertz CT molecular complexity index is 963. The van der Waals surface area contributed by atoms with Gasteiger partial charge in [-0.3, -0.25) is 4.99 Å². The first-order valence-electron chi connectivity index (χ1n) is 10.2. The van der Waals surface area contributed by atoms with Crippen molar-refractivity contribution >= 4 is 27.6 Å². The molecule has 0 radical (unpaired) electrons. The van der Waals surface area contributed by atoms with Crippen LogP contribution in [0.3, 0.4) is 0 Å². The normalized spacial score (nSPS) is 15.3. The van der Waals surface area contributed by atoms with Crippen LogP contribution in [0.5, 0.6) is 5.75 Å². The molecule has 6 nitrogen and oxygen atoms in total. The van der Waals surface area contributed by atoms with Gasteiger partial charge in [0.2, 0.25) is 10.0 Å². The standard InChI is InChI=1S/C22H29N3O3S/c1-3-25(4-2)29(27,28)22-16-19(23-17-18-10-6-7-11-21(18)26)12-13-20(22)24-14-8-5-9-15-24/h6-7,10-13,16-17,26H,3-5,8-9,14-15H2,1-2H3. The molecule has 0 spiro atoms. The molecule has 0 aromatic heterocycles. The fourth-order valence-electron chi connectivity index (χ4n) is 3.63. The summed E-state index contributed by atoms with van der Waals surface area (Å²) in [4.78, 5) is 6.89. The Morgan fingerprint density at radius 2 is 1.76 bits per heavy atom. The number of aromatic hydroxyl groups is 1. The van der Waals surface area contributed by atoms with E-state index in [-0.39, 0.29) is 5.75 Å². The van der Waals surface area contributed by atoms with E-state index in [1.165, 1.54) is 10.7 Å². The van der Waals surface area contributed by atoms with Gasteiger partial charge in [-0.15, -0.1) is 0 Å². The zero-order valence-corrected chi connectivity index (χ0v) is 17.9. The number of phenolic OH excluding ortho intramolecular Hbond substituents is 1. The molecule has 1 aliphatic heterocycles. The molecule has 3 rings (SSSR count). The van der Waals surface area contributed by atoms with Crippen molar-refractivity contribution in [3.8, 4) is 5.75 Å². The number of hydrogen-bond donors (Lipinski definition) is 1. The summed E-state index contributed by atoms with van der Waals surface area (Å²) in [7, 11) is -3.63. The van der Waals surface area contributed by atoms with Crippen molar-refractivity contribution in [3.05, 3.63) is 48.0 Å². The van der Waals surface area contributed by atoms with Gasteiger partial charge in [-0.05, 0) is 49.6 Å². The molecule has 1 fully saturated rings. The third-order valence-corrected chi connectivity index (χ3v) is 7.33. The van der Waals surface area contributed by atoms with Gasteiger partial charge in [0.25, 0.3) is 0 Å². The van der Waals surface area contributed by atoms with Crippen LogP contribution >= 0.6 is 0 Å². The number of phenols is 1. The number of benzene rings is 2. The second kappa shape index (κ2) is 9.41. The molecule has 2 aromatic carbocycles. The van der Waals surface area contributed by atoms with E-state index in [1.54, 1.807) is 30.5 Å². The molecule has 1 N–H and O–H groups in total. The molecule has 0 bridgehead atoms. The second-order valence-electron chi connectivity index (χ2n) is 7.11. The average molecular weight is 416 g/mol. The number of anilines is 1. The Balaban J connectivity index is 2.04. The van der Waals surface area contributed by atoms with Gasteiger partial charge < -0.3 is 10.0 Å². The van der Waals surface area contributed by atoms with E-state index in [2.05, 4.69) is 9.89 Å². The van der Waals surface area contributed by atoms with Crippen LogP contribution in [0, 0.1) is 0 Å². The first-order chi connectivity index (χ1) is 14.0. The van der Waals surface area contributed by atoms with E-state index in [0.717, 1.165) is 31.6 Å². The number of nitrogens with zero attached hydrogens (tertiary/aromatic N) is 3. The Hall–Kier alpha value is -2.38. The van der Waals surface area contributed by atoms with Gasteiger partial charge in [0.1, 0.15) is 10.6 Å². The van der Waals surface area contributed by atoms with E-state index in [0.29, 0.717) is 29.2 Å². The van der Waals surface area contributed by atoms with Gasteiger partial charge in [-0.25, -0.2) is 8.42 Å². The predicted octanol–water partition coefficient (Wildman–Crippen LogP) is 4.16. The van der Waals surface area contributed by atoms with Crippen LogP contribution in [0.2, 0.25) is 0 Å². The maximum absolute atomic E-state index is 13.3. The molecule has 2 aromatic rings. The lowest BCUT2D eigenvalue weighted by atomic mass is 10.1. The monoisotopic (exact) mass is 415 g/mol. The molecule has 29 heavy (non-hydrogen) atoms. The second-order valence-corrected chi connectivity index (χ2v) is 9.01. The van der Waals surface area contributed by atoms with Crippen LogP contribution in [-0.4, -0.2) is 50.2 Å². The first kappa shape index (κ1) is 21.3. The molecular formula is C22H29N3O3S. The molecule has 0 saturated carbocycles. The Labute approximate surface area is 173 Å². The molecule has 1 heterocycles. The van der Waals surface area contributed by atoms with Crippen molar-refractivity contribution in [1.82, 2.24) is 4.31 Å². The minimum Gasteiger partial charge on any atom is -0.507 e. The topological polar surface area (TPSA) is 73.2 Å². The lowest BCUT2D eigenvalue weighted by Crippen LogP contribution is -2.34. The van der Waals surface area contributed by atoms with E-state index in [1.807, 2.05) is 32.0 Å². The summed E-state index contributed by atoms with van der Waals surface area (Å²) in [5, 5.41) is 9.92. The van der Waals surface area contributed by atoms with Crippen LogP contribution in [0.1, 0.15) is 38.7 Å². The number of para-hydroxylation sites is 1. The zero-order valence-electron chi connectivity index (χ0n) is 17.1. The van der Waals surface area contributed by atoms with Crippen molar-refractivity contribution in [2.75, 3.05) is 31.1 Å². The van der Waals surface area contributed by atoms with Crippen molar-refractivity contribution in [2.24, 2.45) is 4.99 Å². The minimum absolute atomic E-state index is 0.136. The Morgan fingerprint density at radius 3 is 2.41 bits per heavy atom. The molecule has 0 aliphatic carbocycles. The number of piperidine rings is 1. The van der Waals surface area contributed by atoms with E-state index in [9.17, 15) is 13.5 Å². The molecule has 156 valence electrons. The summed E-state index contributed by atoms with van der Waals surface area (Å²) in [6.45, 7) is 6.26. The Kier molecular flexibility index (Phi) is 6.92. The van der Waals surface area contributed by atoms with Gasteiger partial charge in [0.05, 0.1) is 11.4 Å². The highest BCUT2D eigenvalue weighted by atomic mass is 32.2. The summed E-state index contributed by atoms with van der Waals surface area (Å²) in [5.41, 5.74) is 1.87. The molecule has 7 heteroatoms. The van der Waals surface area contributed by atoms with Gasteiger partial charge in [0.15, 0.2) is 0 Å². The van der Waals surface area contributed by atoms with Crippen molar-refractivity contribution in [2.45, 2.75) is 38.0 Å². The minimum atomic E-state index is -3.63. The zero-order chi connectivity index (χ0) is 20.9. The fourth-order valence-corrected chi connectivity index (χ4v) is 5.32. The van der Waals surface area contributed by atoms with Gasteiger partial charge >= 0.3 is 0 Å². The maximum Gasteiger partial charge on any atom is 0.245 e. The predicted molar refractivity (Wildman–Crippen MR) is 118 cm³/mol. The number of sulfonamides is 1. The van der Waals surface area contributed by atoms with Crippen LogP contribution in [0.15, 0.2) is 52.4 Å². The van der Waals surface area contributed by atoms with Crippen molar-refractivity contribution < 1.29 is 13.5 Å². The summed E-state index contributed by atoms with van der Waals surface area (Å²) >= 11 is 0. The molecule has 0 amide bonds. The SMILES string of the molecule is CCN(CC)S(=O)(=O)c1cc(N=Cc2ccccc2O)ccc1N1CCCCC1. The Morgan fingerprint density at radius 1 is 1.07 bits per heavy atom. The van der Waals surface area contributed by atoms with Crippen LogP contribution in [0.4, 0.5) is 11.4 Å². The summed E-state index contributed by atoms with van der Waals surface area (Å²) in [6, 6.07) is 12.3. The van der Waals surface area contributed by atoms with Gasteiger partial charge in [0, 0.05) is 38.0 Å². The number of hydrogen-bond acceptors (Lipinski definition) is 5. The highest BCUT2D eigenvalue weighted by Crippen LogP contribution is 2.33. The fraction of sp³-hybridized carbons (Fsp3) is 0.409. The summed E-state index contributed by atoms with van der Waals surface area (Å²) in [6.07, 6.45) is 4.87. The maximum atomic E-state index is 13.3. The quantitative estimate of drug-likeness (QED) is 0.689.